The summed E-state index contributed by atoms with van der Waals surface area (Å²) in [6.07, 6.45) is 9.70. The largest absolute Gasteiger partial charge is 0.258 e. The lowest BCUT2D eigenvalue weighted by molar-refractivity contribution is 1.05. The summed E-state index contributed by atoms with van der Waals surface area (Å²) < 4.78 is 0. The first kappa shape index (κ1) is 11.9. The van der Waals surface area contributed by atoms with Gasteiger partial charge in [0.1, 0.15) is 0 Å². The molecular weight excluding hydrogens is 158 g/mol. The number of allylic oxidation sites excluding steroid dienone is 5. The van der Waals surface area contributed by atoms with E-state index in [-0.39, 0.29) is 0 Å². The molecule has 0 unspecified atom stereocenters. The van der Waals surface area contributed by atoms with Gasteiger partial charge < -0.3 is 0 Å². The summed E-state index contributed by atoms with van der Waals surface area (Å²) >= 11 is 0. The summed E-state index contributed by atoms with van der Waals surface area (Å²) in [5.41, 5.74) is 2.25. The van der Waals surface area contributed by atoms with Crippen LogP contribution in [-0.2, 0) is 0 Å². The summed E-state index contributed by atoms with van der Waals surface area (Å²) in [6, 6.07) is 0. The van der Waals surface area contributed by atoms with Gasteiger partial charge in [-0.1, -0.05) is 38.7 Å². The van der Waals surface area contributed by atoms with Crippen molar-refractivity contribution in [2.75, 3.05) is 0 Å². The minimum absolute atomic E-state index is 0.960. The Labute approximate surface area is 81.6 Å². The molecule has 0 heterocycles. The van der Waals surface area contributed by atoms with Crippen LogP contribution >= 0.6 is 0 Å². The predicted octanol–water partition coefficient (Wildman–Crippen LogP) is 3.89. The number of nitrogens with zero attached hydrogens (tertiary/aromatic N) is 1. The van der Waals surface area contributed by atoms with Gasteiger partial charge in [0.2, 0.25) is 0 Å². The minimum Gasteiger partial charge on any atom is -0.258 e. The average molecular weight is 177 g/mol. The third-order valence-electron chi connectivity index (χ3n) is 1.77. The lowest BCUT2D eigenvalue weighted by Crippen LogP contribution is -1.91. The molecule has 0 aliphatic heterocycles. The smallest absolute Gasteiger partial charge is 0.0404 e. The molecule has 1 nitrogen and oxygen atoms in total. The quantitative estimate of drug-likeness (QED) is 0.446. The Morgan fingerprint density at radius 2 is 2.00 bits per heavy atom. The molecular formula is C12H19N. The topological polar surface area (TPSA) is 12.4 Å². The molecule has 13 heavy (non-hydrogen) atoms. The van der Waals surface area contributed by atoms with E-state index in [1.54, 1.807) is 6.08 Å². The van der Waals surface area contributed by atoms with Crippen LogP contribution in [0.25, 0.3) is 0 Å². The normalized spacial score (nSPS) is 13.8. The zero-order chi connectivity index (χ0) is 10.1. The summed E-state index contributed by atoms with van der Waals surface area (Å²) in [6.45, 7) is 9.87. The van der Waals surface area contributed by atoms with Crippen LogP contribution in [0.4, 0.5) is 0 Å². The Hall–Kier alpha value is -1.11. The zero-order valence-corrected chi connectivity index (χ0v) is 8.88. The second-order valence-electron chi connectivity index (χ2n) is 2.69. The number of aliphatic imine (C=N–C) groups is 1. The summed E-state index contributed by atoms with van der Waals surface area (Å²) in [5.74, 6) is 0. The van der Waals surface area contributed by atoms with Crippen molar-refractivity contribution in [1.82, 2.24) is 0 Å². The fraction of sp³-hybridized carbons (Fsp3) is 0.417. The standard InChI is InChI=1S/C12H19N/c1-5-9-10-12(8-4)13-11(6-2)7-3/h5-6,9-10H,1,7-8H2,2-4H3/b10-9+,11-6-,13-12-. The van der Waals surface area contributed by atoms with Gasteiger partial charge in [-0.3, -0.25) is 4.99 Å². The van der Waals surface area contributed by atoms with Crippen molar-refractivity contribution in [2.45, 2.75) is 33.6 Å². The van der Waals surface area contributed by atoms with Gasteiger partial charge in [0.05, 0.1) is 0 Å². The Kier molecular flexibility index (Phi) is 6.89. The van der Waals surface area contributed by atoms with Crippen LogP contribution in [0.2, 0.25) is 0 Å². The fourth-order valence-electron chi connectivity index (χ4n) is 0.945. The van der Waals surface area contributed by atoms with Crippen LogP contribution in [0.15, 0.2) is 41.6 Å². The highest BCUT2D eigenvalue weighted by Crippen LogP contribution is 2.04. The minimum atomic E-state index is 0.960. The molecule has 0 N–H and O–H groups in total. The van der Waals surface area contributed by atoms with Crippen LogP contribution < -0.4 is 0 Å². The zero-order valence-electron chi connectivity index (χ0n) is 8.88. The van der Waals surface area contributed by atoms with Gasteiger partial charge in [-0.05, 0) is 25.8 Å². The SMILES string of the molecule is C=C/C=C/C(CC)=N\C(=C/C)CC. The summed E-state index contributed by atoms with van der Waals surface area (Å²) in [7, 11) is 0. The first-order chi connectivity index (χ1) is 6.28. The summed E-state index contributed by atoms with van der Waals surface area (Å²) in [4.78, 5) is 4.51. The maximum absolute atomic E-state index is 4.51. The third kappa shape index (κ3) is 5.18. The molecule has 1 heteroatoms. The molecule has 0 aromatic rings. The first-order valence-corrected chi connectivity index (χ1v) is 4.80. The highest BCUT2D eigenvalue weighted by molar-refractivity contribution is 5.95. The van der Waals surface area contributed by atoms with Crippen LogP contribution in [-0.4, -0.2) is 5.71 Å². The molecule has 72 valence electrons. The predicted molar refractivity (Wildman–Crippen MR) is 61.1 cm³/mol. The monoisotopic (exact) mass is 177 g/mol. The van der Waals surface area contributed by atoms with Crippen molar-refractivity contribution in [1.29, 1.82) is 0 Å². The second-order valence-corrected chi connectivity index (χ2v) is 2.69. The van der Waals surface area contributed by atoms with Gasteiger partial charge in [-0.25, -0.2) is 0 Å². The number of hydrogen-bond donors (Lipinski definition) is 0. The van der Waals surface area contributed by atoms with Gasteiger partial charge in [-0.2, -0.15) is 0 Å². The summed E-state index contributed by atoms with van der Waals surface area (Å²) in [5, 5.41) is 0. The molecule has 0 aliphatic rings. The Bertz CT molecular complexity index is 232. The van der Waals surface area contributed by atoms with Crippen LogP contribution in [0.3, 0.4) is 0 Å². The van der Waals surface area contributed by atoms with Gasteiger partial charge in [0.15, 0.2) is 0 Å². The van der Waals surface area contributed by atoms with E-state index >= 15 is 0 Å². The van der Waals surface area contributed by atoms with Crippen LogP contribution in [0.1, 0.15) is 33.6 Å². The van der Waals surface area contributed by atoms with E-state index < -0.39 is 0 Å². The molecule has 0 aliphatic carbocycles. The maximum Gasteiger partial charge on any atom is 0.0404 e. The highest BCUT2D eigenvalue weighted by atomic mass is 14.7. The molecule has 0 saturated carbocycles. The molecule has 0 rings (SSSR count). The molecule has 0 amide bonds. The van der Waals surface area contributed by atoms with Gasteiger partial charge in [-0.15, -0.1) is 0 Å². The number of rotatable bonds is 5. The lowest BCUT2D eigenvalue weighted by atomic mass is 10.2. The van der Waals surface area contributed by atoms with E-state index in [0.29, 0.717) is 0 Å². The van der Waals surface area contributed by atoms with E-state index in [4.69, 9.17) is 0 Å². The van der Waals surface area contributed by atoms with Gasteiger partial charge in [0, 0.05) is 11.4 Å². The third-order valence-corrected chi connectivity index (χ3v) is 1.77. The van der Waals surface area contributed by atoms with E-state index in [2.05, 4.69) is 31.5 Å². The van der Waals surface area contributed by atoms with Crippen molar-refractivity contribution in [2.24, 2.45) is 4.99 Å². The van der Waals surface area contributed by atoms with E-state index in [1.165, 1.54) is 0 Å². The molecule has 0 spiro atoms. The molecule has 0 atom stereocenters. The molecule has 0 aromatic heterocycles. The Morgan fingerprint density at radius 1 is 1.31 bits per heavy atom. The maximum atomic E-state index is 4.51. The van der Waals surface area contributed by atoms with Crippen LogP contribution in [0.5, 0.6) is 0 Å². The first-order valence-electron chi connectivity index (χ1n) is 4.80. The van der Waals surface area contributed by atoms with Crippen molar-refractivity contribution in [3.05, 3.63) is 36.6 Å². The van der Waals surface area contributed by atoms with Crippen molar-refractivity contribution in [3.8, 4) is 0 Å². The molecule has 0 radical (unpaired) electrons. The van der Waals surface area contributed by atoms with Gasteiger partial charge >= 0.3 is 0 Å². The van der Waals surface area contributed by atoms with Crippen LogP contribution in [0, 0.1) is 0 Å². The van der Waals surface area contributed by atoms with E-state index in [1.807, 2.05) is 19.1 Å². The molecule has 0 fully saturated rings. The molecule has 0 saturated heterocycles. The number of hydrogen-bond acceptors (Lipinski definition) is 1. The fourth-order valence-corrected chi connectivity index (χ4v) is 0.945. The average Bonchev–Trinajstić information content (AvgIpc) is 2.19. The Morgan fingerprint density at radius 3 is 2.38 bits per heavy atom. The Balaban J connectivity index is 4.54. The molecule has 0 aromatic carbocycles. The van der Waals surface area contributed by atoms with E-state index in [0.717, 1.165) is 24.3 Å². The van der Waals surface area contributed by atoms with Gasteiger partial charge in [0.25, 0.3) is 0 Å². The lowest BCUT2D eigenvalue weighted by Gasteiger charge is -1.99. The van der Waals surface area contributed by atoms with Crippen molar-refractivity contribution in [3.63, 3.8) is 0 Å². The van der Waals surface area contributed by atoms with Crippen molar-refractivity contribution < 1.29 is 0 Å². The molecule has 0 bridgehead atoms. The van der Waals surface area contributed by atoms with Crippen molar-refractivity contribution >= 4 is 5.71 Å². The highest BCUT2D eigenvalue weighted by Gasteiger charge is 1.91. The van der Waals surface area contributed by atoms with E-state index in [9.17, 15) is 0 Å². The second kappa shape index (κ2) is 7.53.